The molecule has 0 spiro atoms. The van der Waals surface area contributed by atoms with Gasteiger partial charge in [-0.2, -0.15) is 8.42 Å². The van der Waals surface area contributed by atoms with Gasteiger partial charge in [-0.15, -0.1) is 0 Å². The molecule has 5 aliphatic carbocycles. The van der Waals surface area contributed by atoms with Crippen molar-refractivity contribution in [2.24, 2.45) is 57.7 Å². The first-order chi connectivity index (χ1) is 21.4. The van der Waals surface area contributed by atoms with Crippen molar-refractivity contribution in [2.45, 2.75) is 111 Å². The molecule has 8 nitrogen and oxygen atoms in total. The minimum absolute atomic E-state index is 0.0130. The fourth-order valence-corrected chi connectivity index (χ4v) is 12.7. The molecule has 0 aromatic carbocycles. The number of carboxylic acids is 1. The maximum absolute atomic E-state index is 14.1. The molecule has 0 aromatic heterocycles. The second-order valence-electron chi connectivity index (χ2n) is 16.1. The standard InChI is InChI=1S/C36H57NO7S/c1-6-37(15-10-16-43-45(5,41)42)21-31-27(25-11-8-7-9-12-25)18-32(44-31)35-20-28-24(4)13-14-29(28)34(22-38)19-26(35)17-30(23(2)3)36(34,35)33(39)40/h17,22-29,31-32H,6-16,18-21H2,1-5H3,(H,39,40)/t24-,26?,27?,28-,29-,31?,32?,34?,35?,36+/m1/s1. The zero-order valence-electron chi connectivity index (χ0n) is 28.2. The minimum Gasteiger partial charge on any atom is -0.481 e. The van der Waals surface area contributed by atoms with Gasteiger partial charge in [0.1, 0.15) is 11.7 Å². The molecular weight excluding hydrogens is 590 g/mol. The lowest BCUT2D eigenvalue weighted by Crippen LogP contribution is -2.65. The summed E-state index contributed by atoms with van der Waals surface area (Å²) in [6.45, 7) is 11.1. The molecule has 0 radical (unpaired) electrons. The second-order valence-corrected chi connectivity index (χ2v) is 17.7. The number of fused-ring (bicyclic) bond motifs is 2. The molecule has 4 saturated carbocycles. The molecule has 1 aliphatic heterocycles. The molecule has 6 aliphatic rings. The predicted octanol–water partition coefficient (Wildman–Crippen LogP) is 5.95. The molecule has 45 heavy (non-hydrogen) atoms. The van der Waals surface area contributed by atoms with Gasteiger partial charge in [-0.1, -0.05) is 77.9 Å². The fourth-order valence-electron chi connectivity index (χ4n) is 12.3. The number of rotatable bonds is 13. The van der Waals surface area contributed by atoms with E-state index >= 15 is 0 Å². The number of nitrogens with zero attached hydrogens (tertiary/aromatic N) is 1. The van der Waals surface area contributed by atoms with Gasteiger partial charge < -0.3 is 19.5 Å². The summed E-state index contributed by atoms with van der Waals surface area (Å²) in [6.07, 6.45) is 15.4. The maximum atomic E-state index is 14.1. The lowest BCUT2D eigenvalue weighted by atomic mass is 9.41. The predicted molar refractivity (Wildman–Crippen MR) is 173 cm³/mol. The van der Waals surface area contributed by atoms with Crippen LogP contribution in [0, 0.1) is 57.7 Å². The first-order valence-corrected chi connectivity index (χ1v) is 19.8. The average molecular weight is 648 g/mol. The molecule has 10 atom stereocenters. The summed E-state index contributed by atoms with van der Waals surface area (Å²) in [6, 6.07) is 0. The molecule has 254 valence electrons. The van der Waals surface area contributed by atoms with E-state index in [1.807, 2.05) is 0 Å². The molecule has 5 fully saturated rings. The Bertz CT molecular complexity index is 1280. The van der Waals surface area contributed by atoms with Crippen LogP contribution in [0.5, 0.6) is 0 Å². The molecule has 6 rings (SSSR count). The van der Waals surface area contributed by atoms with Crippen LogP contribution in [0.2, 0.25) is 0 Å². The first-order valence-electron chi connectivity index (χ1n) is 18.0. The Hall–Kier alpha value is -1.29. The Morgan fingerprint density at radius 2 is 1.89 bits per heavy atom. The van der Waals surface area contributed by atoms with Crippen LogP contribution in [0.3, 0.4) is 0 Å². The summed E-state index contributed by atoms with van der Waals surface area (Å²) < 4.78 is 35.4. The SMILES string of the molecule is CCN(CCCOS(C)(=O)=O)CC1OC(C23C[C@@H]4[C@H](C)CC[C@H]4C4(C=O)CC2C=C(C(C)C)[C@@]34C(=O)O)CC1C1CCCCC1. The highest BCUT2D eigenvalue weighted by molar-refractivity contribution is 7.85. The molecule has 1 saturated heterocycles. The largest absolute Gasteiger partial charge is 0.481 e. The lowest BCUT2D eigenvalue weighted by Gasteiger charge is -2.60. The van der Waals surface area contributed by atoms with Gasteiger partial charge in [-0.25, -0.2) is 0 Å². The molecule has 1 heterocycles. The summed E-state index contributed by atoms with van der Waals surface area (Å²) in [4.78, 5) is 30.0. The number of hydrogen-bond acceptors (Lipinski definition) is 7. The second kappa shape index (κ2) is 12.3. The maximum Gasteiger partial charge on any atom is 0.315 e. The Kier molecular flexibility index (Phi) is 9.19. The van der Waals surface area contributed by atoms with Crippen LogP contribution in [-0.2, 0) is 28.6 Å². The van der Waals surface area contributed by atoms with Crippen molar-refractivity contribution >= 4 is 22.4 Å². The van der Waals surface area contributed by atoms with E-state index in [1.165, 1.54) is 32.1 Å². The van der Waals surface area contributed by atoms with E-state index in [0.29, 0.717) is 36.5 Å². The van der Waals surface area contributed by atoms with E-state index in [1.54, 1.807) is 0 Å². The summed E-state index contributed by atoms with van der Waals surface area (Å²) >= 11 is 0. The van der Waals surface area contributed by atoms with Gasteiger partial charge in [0.25, 0.3) is 10.1 Å². The number of ether oxygens (including phenoxy) is 1. The van der Waals surface area contributed by atoms with Crippen LogP contribution >= 0.6 is 0 Å². The van der Waals surface area contributed by atoms with E-state index in [2.05, 4.69) is 38.7 Å². The van der Waals surface area contributed by atoms with Gasteiger partial charge in [0.15, 0.2) is 0 Å². The van der Waals surface area contributed by atoms with Crippen LogP contribution in [0.4, 0.5) is 0 Å². The lowest BCUT2D eigenvalue weighted by molar-refractivity contribution is -0.197. The van der Waals surface area contributed by atoms with Gasteiger partial charge >= 0.3 is 5.97 Å². The van der Waals surface area contributed by atoms with E-state index in [-0.39, 0.29) is 36.6 Å². The van der Waals surface area contributed by atoms with Crippen molar-refractivity contribution in [1.29, 1.82) is 0 Å². The van der Waals surface area contributed by atoms with E-state index < -0.39 is 32.3 Å². The highest BCUT2D eigenvalue weighted by Crippen LogP contribution is 2.84. The Morgan fingerprint density at radius 1 is 1.16 bits per heavy atom. The van der Waals surface area contributed by atoms with Crippen molar-refractivity contribution in [3.63, 3.8) is 0 Å². The normalized spacial score (nSPS) is 42.8. The van der Waals surface area contributed by atoms with Gasteiger partial charge in [-0.05, 0) is 80.1 Å². The highest BCUT2D eigenvalue weighted by atomic mass is 32.2. The highest BCUT2D eigenvalue weighted by Gasteiger charge is 2.86. The number of likely N-dealkylation sites (N-methyl/N-ethyl adjacent to an activating group) is 1. The Labute approximate surface area is 271 Å². The molecule has 0 amide bonds. The van der Waals surface area contributed by atoms with Crippen LogP contribution < -0.4 is 0 Å². The summed E-state index contributed by atoms with van der Waals surface area (Å²) in [7, 11) is -3.47. The number of carbonyl (C=O) groups excluding carboxylic acids is 1. The van der Waals surface area contributed by atoms with Crippen molar-refractivity contribution < 1.29 is 32.0 Å². The topological polar surface area (TPSA) is 110 Å². The fraction of sp³-hybridized carbons (Fsp3) is 0.889. The quantitative estimate of drug-likeness (QED) is 0.113. The number of aldehydes is 1. The smallest absolute Gasteiger partial charge is 0.315 e. The first kappa shape index (κ1) is 33.6. The number of aliphatic carboxylic acids is 1. The van der Waals surface area contributed by atoms with Gasteiger partial charge in [0.2, 0.25) is 0 Å². The molecular formula is C36H57NO7S. The van der Waals surface area contributed by atoms with Crippen LogP contribution in [0.1, 0.15) is 98.3 Å². The number of allylic oxidation sites excluding steroid dienone is 1. The molecule has 6 unspecified atom stereocenters. The molecule has 4 bridgehead atoms. The van der Waals surface area contributed by atoms with Crippen molar-refractivity contribution in [2.75, 3.05) is 32.5 Å². The van der Waals surface area contributed by atoms with Crippen LogP contribution in [0.15, 0.2) is 11.6 Å². The van der Waals surface area contributed by atoms with Crippen LogP contribution in [0.25, 0.3) is 0 Å². The molecule has 9 heteroatoms. The third kappa shape index (κ3) is 5.02. The van der Waals surface area contributed by atoms with Crippen molar-refractivity contribution in [3.8, 4) is 0 Å². The monoisotopic (exact) mass is 647 g/mol. The summed E-state index contributed by atoms with van der Waals surface area (Å²) in [5.74, 6) is 1.17. The van der Waals surface area contributed by atoms with Crippen LogP contribution in [-0.4, -0.2) is 75.4 Å². The zero-order valence-corrected chi connectivity index (χ0v) is 29.0. The Morgan fingerprint density at radius 3 is 2.51 bits per heavy atom. The summed E-state index contributed by atoms with van der Waals surface area (Å²) in [5.41, 5.74) is -1.71. The zero-order chi connectivity index (χ0) is 32.4. The molecule has 0 aromatic rings. The Balaban J connectivity index is 1.37. The number of carbonyl (C=O) groups is 2. The summed E-state index contributed by atoms with van der Waals surface area (Å²) in [5, 5.41) is 11.5. The van der Waals surface area contributed by atoms with Gasteiger partial charge in [0.05, 0.1) is 30.5 Å². The van der Waals surface area contributed by atoms with Crippen molar-refractivity contribution in [1.82, 2.24) is 4.90 Å². The third-order valence-corrected chi connectivity index (χ3v) is 14.5. The van der Waals surface area contributed by atoms with Gasteiger partial charge in [0, 0.05) is 18.5 Å². The minimum atomic E-state index is -3.47. The number of hydrogen-bond donors (Lipinski definition) is 1. The van der Waals surface area contributed by atoms with E-state index in [9.17, 15) is 23.1 Å². The average Bonchev–Trinajstić information content (AvgIpc) is 3.72. The number of carboxylic acid groups (broad SMARTS) is 1. The van der Waals surface area contributed by atoms with E-state index in [4.69, 9.17) is 8.92 Å². The van der Waals surface area contributed by atoms with Crippen molar-refractivity contribution in [3.05, 3.63) is 11.6 Å². The van der Waals surface area contributed by atoms with E-state index in [0.717, 1.165) is 63.4 Å². The van der Waals surface area contributed by atoms with Gasteiger partial charge in [-0.3, -0.25) is 8.98 Å². The molecule has 1 N–H and O–H groups in total. The third-order valence-electron chi connectivity index (χ3n) is 13.9.